The van der Waals surface area contributed by atoms with Gasteiger partial charge < -0.3 is 5.32 Å². The van der Waals surface area contributed by atoms with E-state index >= 15 is 0 Å². The molecule has 1 amide bonds. The topological polar surface area (TPSA) is 66.5 Å². The summed E-state index contributed by atoms with van der Waals surface area (Å²) in [5.74, 6) is -3.09. The first-order chi connectivity index (χ1) is 12.8. The van der Waals surface area contributed by atoms with Crippen LogP contribution >= 0.6 is 11.6 Å². The van der Waals surface area contributed by atoms with Crippen LogP contribution in [-0.2, 0) is 14.8 Å². The standard InChI is InChI=1S/C18H17ClF2N2O3S/c19-13-6-8-14(9-7-13)27(25,26)23-10-2-3-12(11-23)18(24)22-17-15(20)4-1-5-16(17)21/h1,4-9,12H,2-3,10-11H2,(H,22,24)/t12-/m0/s1. The lowest BCUT2D eigenvalue weighted by Crippen LogP contribution is -2.43. The number of anilines is 1. The maximum absolute atomic E-state index is 13.7. The van der Waals surface area contributed by atoms with E-state index in [1.54, 1.807) is 0 Å². The van der Waals surface area contributed by atoms with Crippen molar-refractivity contribution in [3.63, 3.8) is 0 Å². The Hall–Kier alpha value is -2.03. The van der Waals surface area contributed by atoms with Gasteiger partial charge in [0.05, 0.1) is 10.8 Å². The van der Waals surface area contributed by atoms with Crippen molar-refractivity contribution in [1.82, 2.24) is 4.31 Å². The second-order valence-corrected chi connectivity index (χ2v) is 8.62. The van der Waals surface area contributed by atoms with Gasteiger partial charge in [-0.3, -0.25) is 4.79 Å². The third-order valence-corrected chi connectivity index (χ3v) is 6.55. The molecular formula is C18H17ClF2N2O3S. The molecule has 0 bridgehead atoms. The molecule has 5 nitrogen and oxygen atoms in total. The Morgan fingerprint density at radius 3 is 2.37 bits per heavy atom. The van der Waals surface area contributed by atoms with Gasteiger partial charge >= 0.3 is 0 Å². The highest BCUT2D eigenvalue weighted by atomic mass is 35.5. The molecule has 0 aliphatic carbocycles. The molecule has 9 heteroatoms. The number of sulfonamides is 1. The van der Waals surface area contributed by atoms with E-state index in [4.69, 9.17) is 11.6 Å². The second-order valence-electron chi connectivity index (χ2n) is 6.24. The quantitative estimate of drug-likeness (QED) is 0.830. The Balaban J connectivity index is 1.75. The summed E-state index contributed by atoms with van der Waals surface area (Å²) in [5.41, 5.74) is -0.528. The number of rotatable bonds is 4. The number of hydrogen-bond donors (Lipinski definition) is 1. The van der Waals surface area contributed by atoms with E-state index in [0.717, 1.165) is 12.1 Å². The Morgan fingerprint density at radius 1 is 1.11 bits per heavy atom. The zero-order valence-electron chi connectivity index (χ0n) is 14.2. The predicted molar refractivity (Wildman–Crippen MR) is 97.9 cm³/mol. The minimum absolute atomic E-state index is 0.0626. The summed E-state index contributed by atoms with van der Waals surface area (Å²) >= 11 is 5.79. The van der Waals surface area contributed by atoms with Crippen LogP contribution in [0.15, 0.2) is 47.4 Å². The molecule has 1 atom stereocenters. The largest absolute Gasteiger partial charge is 0.321 e. The first-order valence-electron chi connectivity index (χ1n) is 8.29. The number of benzene rings is 2. The van der Waals surface area contributed by atoms with E-state index in [2.05, 4.69) is 5.32 Å². The van der Waals surface area contributed by atoms with Crippen molar-refractivity contribution in [2.45, 2.75) is 17.7 Å². The third kappa shape index (κ3) is 4.28. The number of hydrogen-bond acceptors (Lipinski definition) is 3. The molecule has 1 heterocycles. The highest BCUT2D eigenvalue weighted by Gasteiger charge is 2.33. The molecule has 144 valence electrons. The van der Waals surface area contributed by atoms with Gasteiger partial charge in [0.15, 0.2) is 0 Å². The molecule has 0 aromatic heterocycles. The Bertz CT molecular complexity index is 931. The van der Waals surface area contributed by atoms with Gasteiger partial charge in [-0.1, -0.05) is 17.7 Å². The minimum Gasteiger partial charge on any atom is -0.321 e. The molecule has 1 saturated heterocycles. The van der Waals surface area contributed by atoms with E-state index in [0.29, 0.717) is 17.9 Å². The first-order valence-corrected chi connectivity index (χ1v) is 10.1. The van der Waals surface area contributed by atoms with Gasteiger partial charge in [0, 0.05) is 18.1 Å². The van der Waals surface area contributed by atoms with Gasteiger partial charge in [-0.05, 0) is 49.2 Å². The van der Waals surface area contributed by atoms with Crippen LogP contribution in [0.3, 0.4) is 0 Å². The fraction of sp³-hybridized carbons (Fsp3) is 0.278. The van der Waals surface area contributed by atoms with Crippen molar-refractivity contribution in [2.75, 3.05) is 18.4 Å². The number of nitrogens with zero attached hydrogens (tertiary/aromatic N) is 1. The van der Waals surface area contributed by atoms with E-state index in [1.807, 2.05) is 0 Å². The van der Waals surface area contributed by atoms with Gasteiger partial charge in [0.25, 0.3) is 0 Å². The molecule has 3 rings (SSSR count). The summed E-state index contributed by atoms with van der Waals surface area (Å²) < 4.78 is 54.2. The van der Waals surface area contributed by atoms with Crippen LogP contribution < -0.4 is 5.32 Å². The fourth-order valence-corrected chi connectivity index (χ4v) is 4.62. The lowest BCUT2D eigenvalue weighted by Gasteiger charge is -2.31. The van der Waals surface area contributed by atoms with Gasteiger partial charge in [0.1, 0.15) is 17.3 Å². The molecule has 2 aromatic carbocycles. The van der Waals surface area contributed by atoms with Gasteiger partial charge in [-0.2, -0.15) is 4.31 Å². The van der Waals surface area contributed by atoms with Crippen LogP contribution in [-0.4, -0.2) is 31.7 Å². The van der Waals surface area contributed by atoms with Crippen LogP contribution in [0.5, 0.6) is 0 Å². The van der Waals surface area contributed by atoms with Crippen molar-refractivity contribution in [2.24, 2.45) is 5.92 Å². The van der Waals surface area contributed by atoms with Crippen molar-refractivity contribution in [3.8, 4) is 0 Å². The normalized spacial score (nSPS) is 18.3. The fourth-order valence-electron chi connectivity index (χ4n) is 2.97. The van der Waals surface area contributed by atoms with E-state index in [1.165, 1.54) is 34.6 Å². The van der Waals surface area contributed by atoms with Crippen molar-refractivity contribution in [1.29, 1.82) is 0 Å². The predicted octanol–water partition coefficient (Wildman–Crippen LogP) is 3.66. The zero-order chi connectivity index (χ0) is 19.6. The summed E-state index contributed by atoms with van der Waals surface area (Å²) in [6.07, 6.45) is 0.888. The van der Waals surface area contributed by atoms with Crippen molar-refractivity contribution < 1.29 is 22.0 Å². The van der Waals surface area contributed by atoms with Crippen molar-refractivity contribution >= 4 is 33.2 Å². The number of para-hydroxylation sites is 1. The van der Waals surface area contributed by atoms with Gasteiger partial charge in [-0.15, -0.1) is 0 Å². The molecule has 0 saturated carbocycles. The summed E-state index contributed by atoms with van der Waals surface area (Å²) in [6, 6.07) is 9.02. The molecule has 0 radical (unpaired) electrons. The average Bonchev–Trinajstić information content (AvgIpc) is 2.65. The zero-order valence-corrected chi connectivity index (χ0v) is 15.7. The number of halogens is 3. The minimum atomic E-state index is -3.79. The smallest absolute Gasteiger partial charge is 0.243 e. The van der Waals surface area contributed by atoms with Crippen LogP contribution in [0.1, 0.15) is 12.8 Å². The van der Waals surface area contributed by atoms with Crippen molar-refractivity contribution in [3.05, 3.63) is 59.1 Å². The maximum atomic E-state index is 13.7. The summed E-state index contributed by atoms with van der Waals surface area (Å²) in [4.78, 5) is 12.5. The SMILES string of the molecule is O=C(Nc1c(F)cccc1F)[C@H]1CCCN(S(=O)(=O)c2ccc(Cl)cc2)C1. The van der Waals surface area contributed by atoms with Crippen LogP contribution in [0.4, 0.5) is 14.5 Å². The maximum Gasteiger partial charge on any atom is 0.243 e. The van der Waals surface area contributed by atoms with Crippen LogP contribution in [0.25, 0.3) is 0 Å². The Labute approximate surface area is 161 Å². The van der Waals surface area contributed by atoms with E-state index < -0.39 is 39.2 Å². The Kier molecular flexibility index (Phi) is 5.78. The number of amides is 1. The third-order valence-electron chi connectivity index (χ3n) is 4.42. The van der Waals surface area contributed by atoms with E-state index in [9.17, 15) is 22.0 Å². The lowest BCUT2D eigenvalue weighted by atomic mass is 9.98. The van der Waals surface area contributed by atoms with E-state index in [-0.39, 0.29) is 18.0 Å². The van der Waals surface area contributed by atoms with Gasteiger partial charge in [0.2, 0.25) is 15.9 Å². The van der Waals surface area contributed by atoms with Gasteiger partial charge in [-0.25, -0.2) is 17.2 Å². The second kappa shape index (κ2) is 7.92. The number of nitrogens with one attached hydrogen (secondary N) is 1. The summed E-state index contributed by atoms with van der Waals surface area (Å²) in [6.45, 7) is 0.204. The average molecular weight is 415 g/mol. The number of carbonyl (C=O) groups is 1. The molecule has 1 aliphatic heterocycles. The molecule has 0 unspecified atom stereocenters. The van der Waals surface area contributed by atoms with Crippen LogP contribution in [0, 0.1) is 17.6 Å². The summed E-state index contributed by atoms with van der Waals surface area (Å²) in [7, 11) is -3.79. The molecule has 1 N–H and O–H groups in total. The molecule has 27 heavy (non-hydrogen) atoms. The molecule has 1 aliphatic rings. The Morgan fingerprint density at radius 2 is 1.74 bits per heavy atom. The monoisotopic (exact) mass is 414 g/mol. The summed E-state index contributed by atoms with van der Waals surface area (Å²) in [5, 5.41) is 2.65. The number of piperidine rings is 1. The molecule has 0 spiro atoms. The number of carbonyl (C=O) groups excluding carboxylic acids is 1. The van der Waals surface area contributed by atoms with Crippen LogP contribution in [0.2, 0.25) is 5.02 Å². The highest BCUT2D eigenvalue weighted by Crippen LogP contribution is 2.26. The highest BCUT2D eigenvalue weighted by molar-refractivity contribution is 7.89. The first kappa shape index (κ1) is 19.7. The molecule has 1 fully saturated rings. The molecular weight excluding hydrogens is 398 g/mol. The molecule has 2 aromatic rings. The lowest BCUT2D eigenvalue weighted by molar-refractivity contribution is -0.120.